The Morgan fingerprint density at radius 3 is 2.55 bits per heavy atom. The van der Waals surface area contributed by atoms with E-state index in [-0.39, 0.29) is 9.96 Å². The lowest BCUT2D eigenvalue weighted by atomic mass is 9.66. The van der Waals surface area contributed by atoms with Crippen molar-refractivity contribution in [3.8, 4) is 6.07 Å². The number of nitrogens with zero attached hydrogens (tertiary/aromatic N) is 2. The van der Waals surface area contributed by atoms with Crippen LogP contribution in [-0.4, -0.2) is 18.8 Å². The van der Waals surface area contributed by atoms with Crippen LogP contribution in [0.5, 0.6) is 0 Å². The zero-order chi connectivity index (χ0) is 16.8. The van der Waals surface area contributed by atoms with Gasteiger partial charge in [0.1, 0.15) is 5.41 Å². The first-order chi connectivity index (χ1) is 10.00. The lowest BCUT2D eigenvalue weighted by molar-refractivity contribution is -0.584. The summed E-state index contributed by atoms with van der Waals surface area (Å²) < 4.78 is 6.33. The van der Waals surface area contributed by atoms with Crippen LogP contribution < -0.4 is 0 Å². The predicted octanol–water partition coefficient (Wildman–Crippen LogP) is 4.40. The van der Waals surface area contributed by atoms with E-state index in [1.807, 2.05) is 6.08 Å². The molecule has 22 heavy (non-hydrogen) atoms. The maximum Gasteiger partial charge on any atom is 0.250 e. The minimum Gasteiger partial charge on any atom is -0.547 e. The smallest absolute Gasteiger partial charge is 0.250 e. The second-order valence-corrected chi connectivity index (χ2v) is 13.0. The standard InChI is InChI=1S/C16H26N2O3Si/c1-14(2,3)22(4,5)21-13-7-10-16(18(19)20)9-6-8-15(16,11-13)12-17/h7H,6,8-11H2,1-5H3/t15-,16-/m1/s1. The van der Waals surface area contributed by atoms with Gasteiger partial charge in [-0.15, -0.1) is 0 Å². The summed E-state index contributed by atoms with van der Waals surface area (Å²) in [5, 5.41) is 21.5. The molecular weight excluding hydrogens is 296 g/mol. The predicted molar refractivity (Wildman–Crippen MR) is 87.2 cm³/mol. The summed E-state index contributed by atoms with van der Waals surface area (Å²) in [6.07, 6.45) is 4.43. The lowest BCUT2D eigenvalue weighted by Gasteiger charge is -2.42. The van der Waals surface area contributed by atoms with Crippen molar-refractivity contribution in [2.45, 2.75) is 76.5 Å². The highest BCUT2D eigenvalue weighted by molar-refractivity contribution is 6.74. The van der Waals surface area contributed by atoms with Gasteiger partial charge in [0.05, 0.1) is 11.8 Å². The van der Waals surface area contributed by atoms with E-state index >= 15 is 0 Å². The Kier molecular flexibility index (Phi) is 3.93. The van der Waals surface area contributed by atoms with Crippen molar-refractivity contribution in [3.05, 3.63) is 21.9 Å². The van der Waals surface area contributed by atoms with Gasteiger partial charge in [-0.05, 0) is 37.0 Å². The average molecular weight is 322 g/mol. The molecule has 1 saturated carbocycles. The van der Waals surface area contributed by atoms with Crippen LogP contribution in [0.1, 0.15) is 52.9 Å². The number of hydrogen-bond acceptors (Lipinski definition) is 4. The maximum atomic E-state index is 11.7. The molecule has 2 rings (SSSR count). The second kappa shape index (κ2) is 5.09. The largest absolute Gasteiger partial charge is 0.547 e. The number of nitro groups is 1. The Morgan fingerprint density at radius 2 is 2.05 bits per heavy atom. The van der Waals surface area contributed by atoms with E-state index in [4.69, 9.17) is 4.43 Å². The van der Waals surface area contributed by atoms with E-state index < -0.39 is 19.3 Å². The molecule has 1 fully saturated rings. The number of rotatable bonds is 3. The quantitative estimate of drug-likeness (QED) is 0.438. The Labute approximate surface area is 133 Å². The van der Waals surface area contributed by atoms with Crippen molar-refractivity contribution in [2.24, 2.45) is 5.41 Å². The summed E-state index contributed by atoms with van der Waals surface area (Å²) in [6, 6.07) is 2.31. The van der Waals surface area contributed by atoms with Crippen molar-refractivity contribution in [3.63, 3.8) is 0 Å². The van der Waals surface area contributed by atoms with Gasteiger partial charge in [-0.25, -0.2) is 0 Å². The zero-order valence-corrected chi connectivity index (χ0v) is 15.2. The monoisotopic (exact) mass is 322 g/mol. The van der Waals surface area contributed by atoms with E-state index in [9.17, 15) is 15.4 Å². The molecule has 5 nitrogen and oxygen atoms in total. The summed E-state index contributed by atoms with van der Waals surface area (Å²) >= 11 is 0. The highest BCUT2D eigenvalue weighted by Crippen LogP contribution is 2.57. The zero-order valence-electron chi connectivity index (χ0n) is 14.2. The van der Waals surface area contributed by atoms with Gasteiger partial charge in [-0.1, -0.05) is 20.8 Å². The van der Waals surface area contributed by atoms with Crippen molar-refractivity contribution >= 4 is 8.32 Å². The third kappa shape index (κ3) is 2.36. The van der Waals surface area contributed by atoms with Crippen molar-refractivity contribution < 1.29 is 9.35 Å². The number of nitriles is 1. The summed E-state index contributed by atoms with van der Waals surface area (Å²) in [5.41, 5.74) is -2.01. The topological polar surface area (TPSA) is 76.2 Å². The third-order valence-corrected chi connectivity index (χ3v) is 10.4. The minimum absolute atomic E-state index is 0.0704. The van der Waals surface area contributed by atoms with Gasteiger partial charge >= 0.3 is 0 Å². The van der Waals surface area contributed by atoms with Gasteiger partial charge in [0.25, 0.3) is 0 Å². The summed E-state index contributed by atoms with van der Waals surface area (Å²) in [4.78, 5) is 11.5. The molecule has 0 aromatic rings. The molecule has 0 aromatic heterocycles. The van der Waals surface area contributed by atoms with Crippen molar-refractivity contribution in [2.75, 3.05) is 0 Å². The Morgan fingerprint density at radius 1 is 1.41 bits per heavy atom. The maximum absolute atomic E-state index is 11.7. The Balaban J connectivity index is 2.32. The van der Waals surface area contributed by atoms with Gasteiger partial charge < -0.3 is 4.43 Å². The molecule has 0 saturated heterocycles. The number of fused-ring (bicyclic) bond motifs is 1. The van der Waals surface area contributed by atoms with Crippen LogP contribution >= 0.6 is 0 Å². The van der Waals surface area contributed by atoms with E-state index in [1.54, 1.807) is 0 Å². The molecule has 122 valence electrons. The Bertz CT molecular complexity index is 559. The van der Waals surface area contributed by atoms with Gasteiger partial charge in [0.2, 0.25) is 13.9 Å². The first-order valence-electron chi connectivity index (χ1n) is 7.94. The van der Waals surface area contributed by atoms with Crippen LogP contribution in [0.4, 0.5) is 0 Å². The fourth-order valence-electron chi connectivity index (χ4n) is 3.46. The van der Waals surface area contributed by atoms with Crippen LogP contribution in [0.3, 0.4) is 0 Å². The molecule has 0 spiro atoms. The SMILES string of the molecule is CC(C)(C)[Si](C)(C)OC1=CC[C@]2([N+](=O)[O-])CCC[C@]2(C#N)C1. The van der Waals surface area contributed by atoms with Crippen LogP contribution in [0, 0.1) is 26.9 Å². The molecule has 0 unspecified atom stereocenters. The highest BCUT2D eigenvalue weighted by atomic mass is 28.4. The lowest BCUT2D eigenvalue weighted by Crippen LogP contribution is -2.52. The molecule has 0 N–H and O–H groups in total. The van der Waals surface area contributed by atoms with Crippen LogP contribution in [0.25, 0.3) is 0 Å². The average Bonchev–Trinajstić information content (AvgIpc) is 2.77. The van der Waals surface area contributed by atoms with Crippen molar-refractivity contribution in [1.82, 2.24) is 0 Å². The van der Waals surface area contributed by atoms with Gasteiger partial charge in [0.15, 0.2) is 0 Å². The molecule has 0 bridgehead atoms. The minimum atomic E-state index is -1.98. The molecule has 2 aliphatic carbocycles. The molecule has 0 radical (unpaired) electrons. The molecule has 0 amide bonds. The van der Waals surface area contributed by atoms with Gasteiger partial charge in [0, 0.05) is 24.2 Å². The van der Waals surface area contributed by atoms with Crippen LogP contribution in [0.15, 0.2) is 11.8 Å². The fraction of sp³-hybridized carbons (Fsp3) is 0.812. The molecule has 6 heteroatoms. The van der Waals surface area contributed by atoms with Gasteiger partial charge in [-0.3, -0.25) is 10.1 Å². The first kappa shape index (κ1) is 17.0. The van der Waals surface area contributed by atoms with E-state index in [0.717, 1.165) is 12.2 Å². The highest BCUT2D eigenvalue weighted by Gasteiger charge is 2.66. The van der Waals surface area contributed by atoms with Gasteiger partial charge in [-0.2, -0.15) is 5.26 Å². The van der Waals surface area contributed by atoms with E-state index in [0.29, 0.717) is 25.7 Å². The first-order valence-corrected chi connectivity index (χ1v) is 10.8. The Hall–Kier alpha value is -1.35. The van der Waals surface area contributed by atoms with Crippen molar-refractivity contribution in [1.29, 1.82) is 5.26 Å². The molecular formula is C16H26N2O3Si. The number of hydrogen-bond donors (Lipinski definition) is 0. The number of allylic oxidation sites excluding steroid dienone is 1. The molecule has 2 atom stereocenters. The van der Waals surface area contributed by atoms with E-state index in [2.05, 4.69) is 39.9 Å². The summed E-state index contributed by atoms with van der Waals surface area (Å²) in [6.45, 7) is 10.8. The molecule has 0 aromatic carbocycles. The fourth-order valence-corrected chi connectivity index (χ4v) is 4.57. The second-order valence-electron chi connectivity index (χ2n) is 8.25. The van der Waals surface area contributed by atoms with E-state index in [1.165, 1.54) is 0 Å². The third-order valence-electron chi connectivity index (χ3n) is 5.98. The summed E-state index contributed by atoms with van der Waals surface area (Å²) in [5.74, 6) is 0.799. The molecule has 0 aliphatic heterocycles. The van der Waals surface area contributed by atoms with Crippen LogP contribution in [0.2, 0.25) is 18.1 Å². The normalized spacial score (nSPS) is 31.9. The molecule has 0 heterocycles. The molecule has 2 aliphatic rings. The summed E-state index contributed by atoms with van der Waals surface area (Å²) in [7, 11) is -1.98. The van der Waals surface area contributed by atoms with Crippen LogP contribution in [-0.2, 0) is 4.43 Å².